The second-order valence-electron chi connectivity index (χ2n) is 12.2. The van der Waals surface area contributed by atoms with Crippen LogP contribution >= 0.6 is 11.3 Å². The second kappa shape index (κ2) is 11.8. The summed E-state index contributed by atoms with van der Waals surface area (Å²) in [7, 11) is 0. The van der Waals surface area contributed by atoms with Gasteiger partial charge in [0.15, 0.2) is 23.3 Å². The van der Waals surface area contributed by atoms with Crippen LogP contribution in [-0.2, 0) is 0 Å². The Hall–Kier alpha value is -6.64. The summed E-state index contributed by atoms with van der Waals surface area (Å²) in [6, 6.07) is 46.6. The number of rotatable bonds is 5. The number of hydrogen-bond acceptors (Lipinski definition) is 7. The van der Waals surface area contributed by atoms with Gasteiger partial charge in [0.05, 0.1) is 21.5 Å². The molecule has 0 N–H and O–H groups in total. The Bertz CT molecular complexity index is 2870. The largest absolute Gasteiger partial charge is 0.455 e. The van der Waals surface area contributed by atoms with E-state index in [0.717, 1.165) is 64.6 Å². The van der Waals surface area contributed by atoms with Gasteiger partial charge in [-0.15, -0.1) is 11.3 Å². The minimum atomic E-state index is -0.295. The fraction of sp³-hybridized carbons (Fsp3) is 0. The molecule has 0 spiro atoms. The van der Waals surface area contributed by atoms with Gasteiger partial charge in [0, 0.05) is 43.1 Å². The third-order valence-corrected chi connectivity index (χ3v) is 10.2. The fourth-order valence-electron chi connectivity index (χ4n) is 6.57. The van der Waals surface area contributed by atoms with Gasteiger partial charge in [-0.2, -0.15) is 0 Å². The highest BCUT2D eigenvalue weighted by molar-refractivity contribution is 7.26. The number of aromatic nitrogens is 5. The van der Waals surface area contributed by atoms with Crippen molar-refractivity contribution < 1.29 is 8.81 Å². The molecule has 0 aliphatic carbocycles. The van der Waals surface area contributed by atoms with Crippen molar-refractivity contribution in [2.75, 3.05) is 0 Å². The van der Waals surface area contributed by atoms with Crippen molar-refractivity contribution >= 4 is 53.6 Å². The molecule has 10 rings (SSSR count). The maximum absolute atomic E-state index is 14.0. The number of furan rings is 1. The molecule has 0 saturated heterocycles. The summed E-state index contributed by atoms with van der Waals surface area (Å²) in [6.07, 6.45) is 0. The van der Waals surface area contributed by atoms with Gasteiger partial charge >= 0.3 is 0 Å². The van der Waals surface area contributed by atoms with E-state index in [9.17, 15) is 4.39 Å². The fourth-order valence-corrected chi connectivity index (χ4v) is 7.72. The smallest absolute Gasteiger partial charge is 0.164 e. The number of hydrogen-bond donors (Lipinski definition) is 0. The lowest BCUT2D eigenvalue weighted by Gasteiger charge is -2.08. The van der Waals surface area contributed by atoms with Crippen molar-refractivity contribution in [2.45, 2.75) is 0 Å². The highest BCUT2D eigenvalue weighted by Crippen LogP contribution is 2.42. The molecule has 4 aromatic heterocycles. The third kappa shape index (κ3) is 5.04. The summed E-state index contributed by atoms with van der Waals surface area (Å²) < 4.78 is 22.7. The number of benzene rings is 6. The molecule has 8 heteroatoms. The van der Waals surface area contributed by atoms with Crippen molar-refractivity contribution in [3.05, 3.63) is 151 Å². The normalized spacial score (nSPS) is 11.6. The van der Waals surface area contributed by atoms with Crippen molar-refractivity contribution in [3.8, 4) is 56.8 Å². The van der Waals surface area contributed by atoms with Crippen molar-refractivity contribution in [2.24, 2.45) is 0 Å². The van der Waals surface area contributed by atoms with Crippen LogP contribution in [0.4, 0.5) is 4.39 Å². The summed E-state index contributed by atoms with van der Waals surface area (Å²) >= 11 is 1.64. The highest BCUT2D eigenvalue weighted by atomic mass is 32.1. The monoisotopic (exact) mass is 677 g/mol. The summed E-state index contributed by atoms with van der Waals surface area (Å²) in [5.41, 5.74) is 7.19. The molecule has 51 heavy (non-hydrogen) atoms. The highest BCUT2D eigenvalue weighted by Gasteiger charge is 2.21. The van der Waals surface area contributed by atoms with Crippen LogP contribution in [0.5, 0.6) is 0 Å². The second-order valence-corrected chi connectivity index (χ2v) is 13.3. The van der Waals surface area contributed by atoms with Crippen LogP contribution in [0, 0.1) is 5.82 Å². The Morgan fingerprint density at radius 3 is 1.82 bits per heavy atom. The zero-order chi connectivity index (χ0) is 33.9. The van der Waals surface area contributed by atoms with E-state index in [4.69, 9.17) is 29.3 Å². The Morgan fingerprint density at radius 2 is 1.10 bits per heavy atom. The molecular weight excluding hydrogens is 654 g/mol. The van der Waals surface area contributed by atoms with Gasteiger partial charge in [-0.1, -0.05) is 97.1 Å². The van der Waals surface area contributed by atoms with E-state index >= 15 is 0 Å². The van der Waals surface area contributed by atoms with Gasteiger partial charge in [0.25, 0.3) is 0 Å². The first-order valence-electron chi connectivity index (χ1n) is 16.4. The molecule has 0 aliphatic rings. The van der Waals surface area contributed by atoms with Crippen LogP contribution in [0.2, 0.25) is 0 Å². The SMILES string of the molecule is Fc1ccc(-c2nc(-c3cccc4c3oc3cc(-c5nc(-c6ccccc6)nc(-c6ccccc6)n5)ccc34)nc3c2sc2ccccc23)cc1. The van der Waals surface area contributed by atoms with Crippen LogP contribution in [0.3, 0.4) is 0 Å². The number of halogens is 1. The molecule has 0 bridgehead atoms. The van der Waals surface area contributed by atoms with Crippen LogP contribution in [-0.4, -0.2) is 24.9 Å². The first-order chi connectivity index (χ1) is 25.2. The average molecular weight is 678 g/mol. The molecule has 0 aliphatic heterocycles. The molecule has 0 radical (unpaired) electrons. The number of nitrogens with zero attached hydrogens (tertiary/aromatic N) is 5. The van der Waals surface area contributed by atoms with Crippen molar-refractivity contribution in [1.82, 2.24) is 24.9 Å². The average Bonchev–Trinajstić information content (AvgIpc) is 3.76. The van der Waals surface area contributed by atoms with E-state index in [0.29, 0.717) is 34.5 Å². The molecule has 0 atom stereocenters. The van der Waals surface area contributed by atoms with Crippen LogP contribution < -0.4 is 0 Å². The van der Waals surface area contributed by atoms with E-state index in [1.54, 1.807) is 23.5 Å². The summed E-state index contributed by atoms with van der Waals surface area (Å²) in [4.78, 5) is 24.9. The van der Waals surface area contributed by atoms with Crippen LogP contribution in [0.25, 0.3) is 99.1 Å². The Morgan fingerprint density at radius 1 is 0.471 bits per heavy atom. The van der Waals surface area contributed by atoms with E-state index in [-0.39, 0.29) is 5.82 Å². The van der Waals surface area contributed by atoms with Gasteiger partial charge in [-0.3, -0.25) is 0 Å². The summed E-state index contributed by atoms with van der Waals surface area (Å²) in [5.74, 6) is 1.98. The standard InChI is InChI=1S/C43H24FN5OS/c44-29-21-18-25(19-22-29)36-39-37(32-14-7-8-17-35(32)51-39)46-43(45-36)33-16-9-15-31-30-23-20-28(24-34(30)50-38(31)33)42-48-40(26-10-3-1-4-11-26)47-41(49-42)27-12-5-2-6-13-27/h1-24H. The minimum absolute atomic E-state index is 0.295. The van der Waals surface area contributed by atoms with Crippen LogP contribution in [0.1, 0.15) is 0 Å². The van der Waals surface area contributed by atoms with E-state index in [2.05, 4.69) is 18.2 Å². The Kier molecular flexibility index (Phi) is 6.75. The molecule has 0 saturated carbocycles. The first kappa shape index (κ1) is 29.3. The molecule has 4 heterocycles. The Balaban J connectivity index is 1.15. The van der Waals surface area contributed by atoms with Crippen molar-refractivity contribution in [1.29, 1.82) is 0 Å². The van der Waals surface area contributed by atoms with Gasteiger partial charge in [-0.25, -0.2) is 29.3 Å². The topological polar surface area (TPSA) is 77.6 Å². The molecule has 6 aromatic carbocycles. The number of para-hydroxylation sites is 1. The zero-order valence-electron chi connectivity index (χ0n) is 26.8. The van der Waals surface area contributed by atoms with Gasteiger partial charge in [-0.05, 0) is 48.5 Å². The number of fused-ring (bicyclic) bond motifs is 6. The minimum Gasteiger partial charge on any atom is -0.455 e. The first-order valence-corrected chi connectivity index (χ1v) is 17.3. The van der Waals surface area contributed by atoms with Gasteiger partial charge in [0.1, 0.15) is 17.0 Å². The lowest BCUT2D eigenvalue weighted by Crippen LogP contribution is -2.00. The predicted molar refractivity (Wildman–Crippen MR) is 203 cm³/mol. The van der Waals surface area contributed by atoms with E-state index in [1.165, 1.54) is 12.1 Å². The van der Waals surface area contributed by atoms with E-state index < -0.39 is 0 Å². The zero-order valence-corrected chi connectivity index (χ0v) is 27.6. The quantitative estimate of drug-likeness (QED) is 0.180. The van der Waals surface area contributed by atoms with Gasteiger partial charge in [0.2, 0.25) is 0 Å². The lowest BCUT2D eigenvalue weighted by molar-refractivity contribution is 0.628. The molecular formula is C43H24FN5OS. The number of thiophene rings is 1. The molecule has 10 aromatic rings. The summed E-state index contributed by atoms with van der Waals surface area (Å²) in [5, 5.41) is 2.95. The maximum atomic E-state index is 14.0. The van der Waals surface area contributed by atoms with Crippen molar-refractivity contribution in [3.63, 3.8) is 0 Å². The molecule has 0 amide bonds. The summed E-state index contributed by atoms with van der Waals surface area (Å²) in [6.45, 7) is 0. The molecule has 240 valence electrons. The molecule has 6 nitrogen and oxygen atoms in total. The molecule has 0 fully saturated rings. The van der Waals surface area contributed by atoms with Gasteiger partial charge < -0.3 is 4.42 Å². The Labute approximate surface area is 294 Å². The lowest BCUT2D eigenvalue weighted by atomic mass is 10.1. The third-order valence-electron chi connectivity index (χ3n) is 9.03. The van der Waals surface area contributed by atoms with E-state index in [1.807, 2.05) is 103 Å². The maximum Gasteiger partial charge on any atom is 0.164 e. The predicted octanol–water partition coefficient (Wildman–Crippen LogP) is 11.4. The van der Waals surface area contributed by atoms with Crippen LogP contribution in [0.15, 0.2) is 150 Å². The molecule has 0 unspecified atom stereocenters.